The van der Waals surface area contributed by atoms with Gasteiger partial charge in [0, 0.05) is 25.7 Å². The van der Waals surface area contributed by atoms with Crippen molar-refractivity contribution in [1.29, 1.82) is 0 Å². The standard InChI is InChI=1S/C84H164O17P2/c1-8-11-12-13-14-15-16-17-18-19-23-26-29-32-38-43-51-58-65-81(86)94-71-79(100-83(88)67-60-53-44-39-33-30-27-24-21-20-22-25-28-31-36-41-48-55-62-75(4)5)73-98-102(90,91)96-69-78(85)70-97-103(92,93)99-74-80(72-95-82(87)66-59-52-47-46-50-57-64-77(7)10-3)101-84(89)68-61-54-45-40-35-34-37-42-49-56-63-76(6)9-2/h75-80,85H,8-74H2,1-7H3,(H,90,91)(H,92,93)/t76?,77?,78-,79-,80-/m1/s1. The van der Waals surface area contributed by atoms with E-state index in [1.54, 1.807) is 0 Å². The average molecular weight is 1510 g/mol. The van der Waals surface area contributed by atoms with E-state index >= 15 is 0 Å². The molecule has 0 bridgehead atoms. The Morgan fingerprint density at radius 1 is 0.282 bits per heavy atom. The predicted molar refractivity (Wildman–Crippen MR) is 423 cm³/mol. The highest BCUT2D eigenvalue weighted by Gasteiger charge is 2.30. The van der Waals surface area contributed by atoms with Gasteiger partial charge < -0.3 is 33.8 Å². The molecule has 0 heterocycles. The number of aliphatic hydroxyl groups is 1. The maximum absolute atomic E-state index is 13.1. The van der Waals surface area contributed by atoms with E-state index in [0.717, 1.165) is 114 Å². The molecule has 612 valence electrons. The van der Waals surface area contributed by atoms with Crippen molar-refractivity contribution in [3.8, 4) is 0 Å². The molecule has 19 heteroatoms. The highest BCUT2D eigenvalue weighted by molar-refractivity contribution is 7.47. The largest absolute Gasteiger partial charge is 0.472 e. The Morgan fingerprint density at radius 2 is 0.495 bits per heavy atom. The molecule has 0 amide bonds. The van der Waals surface area contributed by atoms with Gasteiger partial charge in [-0.15, -0.1) is 0 Å². The van der Waals surface area contributed by atoms with Crippen LogP contribution in [0.1, 0.15) is 440 Å². The summed E-state index contributed by atoms with van der Waals surface area (Å²) in [6.07, 6.45) is 63.9. The first-order chi connectivity index (χ1) is 49.8. The number of rotatable bonds is 82. The Kier molecular flexibility index (Phi) is 72.8. The molecule has 0 aromatic rings. The Hall–Kier alpha value is -1.94. The van der Waals surface area contributed by atoms with E-state index in [2.05, 4.69) is 48.5 Å². The minimum absolute atomic E-state index is 0.105. The predicted octanol–water partition coefficient (Wildman–Crippen LogP) is 25.3. The lowest BCUT2D eigenvalue weighted by molar-refractivity contribution is -0.161. The normalized spacial score (nSPS) is 14.4. The molecule has 0 rings (SSSR count). The molecular formula is C84H164O17P2. The zero-order valence-corrected chi connectivity index (χ0v) is 69.6. The van der Waals surface area contributed by atoms with Gasteiger partial charge in [-0.1, -0.05) is 389 Å². The minimum atomic E-state index is -4.97. The molecule has 0 spiro atoms. The van der Waals surface area contributed by atoms with Crippen molar-refractivity contribution in [2.45, 2.75) is 458 Å². The number of ether oxygens (including phenoxy) is 4. The van der Waals surface area contributed by atoms with Crippen LogP contribution in [0.4, 0.5) is 0 Å². The number of esters is 4. The molecule has 103 heavy (non-hydrogen) atoms. The van der Waals surface area contributed by atoms with Gasteiger partial charge in [0.15, 0.2) is 12.2 Å². The van der Waals surface area contributed by atoms with Crippen molar-refractivity contribution in [1.82, 2.24) is 0 Å². The second kappa shape index (κ2) is 74.2. The van der Waals surface area contributed by atoms with Crippen molar-refractivity contribution in [2.24, 2.45) is 17.8 Å². The third kappa shape index (κ3) is 75.3. The summed E-state index contributed by atoms with van der Waals surface area (Å²) < 4.78 is 68.8. The Morgan fingerprint density at radius 3 is 0.738 bits per heavy atom. The van der Waals surface area contributed by atoms with E-state index in [9.17, 15) is 43.2 Å². The smallest absolute Gasteiger partial charge is 0.462 e. The van der Waals surface area contributed by atoms with Crippen molar-refractivity contribution >= 4 is 39.5 Å². The third-order valence-corrected chi connectivity index (χ3v) is 22.3. The number of hydrogen-bond acceptors (Lipinski definition) is 15. The van der Waals surface area contributed by atoms with E-state index in [1.807, 2.05) is 0 Å². The molecule has 0 aromatic heterocycles. The second-order valence-corrected chi connectivity index (χ2v) is 34.1. The average Bonchev–Trinajstić information content (AvgIpc) is 0.919. The van der Waals surface area contributed by atoms with Crippen LogP contribution in [0.2, 0.25) is 0 Å². The van der Waals surface area contributed by atoms with Gasteiger partial charge in [-0.3, -0.25) is 37.3 Å². The highest BCUT2D eigenvalue weighted by atomic mass is 31.2. The van der Waals surface area contributed by atoms with E-state index in [0.29, 0.717) is 25.7 Å². The number of carbonyl (C=O) groups is 4. The molecule has 0 radical (unpaired) electrons. The maximum atomic E-state index is 13.1. The monoisotopic (exact) mass is 1510 g/mol. The van der Waals surface area contributed by atoms with Crippen molar-refractivity contribution < 1.29 is 80.2 Å². The number of phosphoric acid groups is 2. The molecule has 0 saturated heterocycles. The number of unbranched alkanes of at least 4 members (excludes halogenated alkanes) is 48. The maximum Gasteiger partial charge on any atom is 0.472 e. The van der Waals surface area contributed by atoms with Crippen LogP contribution in [-0.2, 0) is 65.4 Å². The summed E-state index contributed by atoms with van der Waals surface area (Å²) in [5.41, 5.74) is 0. The summed E-state index contributed by atoms with van der Waals surface area (Å²) in [6.45, 7) is 12.0. The zero-order valence-electron chi connectivity index (χ0n) is 67.8. The Bertz CT molecular complexity index is 2000. The van der Waals surface area contributed by atoms with E-state index in [1.165, 1.54) is 244 Å². The number of carbonyl (C=O) groups excluding carboxylic acids is 4. The van der Waals surface area contributed by atoms with Crippen molar-refractivity contribution in [2.75, 3.05) is 39.6 Å². The van der Waals surface area contributed by atoms with Gasteiger partial charge in [-0.2, -0.15) is 0 Å². The van der Waals surface area contributed by atoms with Crippen LogP contribution in [0.25, 0.3) is 0 Å². The van der Waals surface area contributed by atoms with Crippen molar-refractivity contribution in [3.63, 3.8) is 0 Å². The van der Waals surface area contributed by atoms with E-state index in [4.69, 9.17) is 37.0 Å². The fraction of sp³-hybridized carbons (Fsp3) is 0.952. The van der Waals surface area contributed by atoms with Gasteiger partial charge in [-0.05, 0) is 43.4 Å². The van der Waals surface area contributed by atoms with Crippen LogP contribution in [-0.4, -0.2) is 96.7 Å². The van der Waals surface area contributed by atoms with Gasteiger partial charge in [0.1, 0.15) is 19.3 Å². The summed E-state index contributed by atoms with van der Waals surface area (Å²) >= 11 is 0. The highest BCUT2D eigenvalue weighted by Crippen LogP contribution is 2.45. The molecule has 0 aliphatic carbocycles. The molecule has 0 fully saturated rings. The molecule has 4 unspecified atom stereocenters. The summed E-state index contributed by atoms with van der Waals surface area (Å²) in [6, 6.07) is 0. The lowest BCUT2D eigenvalue weighted by Crippen LogP contribution is -2.30. The van der Waals surface area contributed by atoms with Crippen LogP contribution in [0, 0.1) is 17.8 Å². The Balaban J connectivity index is 5.23. The summed E-state index contributed by atoms with van der Waals surface area (Å²) in [4.78, 5) is 73.1. The number of phosphoric ester groups is 2. The van der Waals surface area contributed by atoms with Crippen LogP contribution < -0.4 is 0 Å². The first-order valence-corrected chi connectivity index (χ1v) is 46.4. The summed E-state index contributed by atoms with van der Waals surface area (Å²) in [5.74, 6) is 0.245. The summed E-state index contributed by atoms with van der Waals surface area (Å²) in [5, 5.41) is 10.7. The van der Waals surface area contributed by atoms with Crippen LogP contribution in [0.5, 0.6) is 0 Å². The lowest BCUT2D eigenvalue weighted by atomic mass is 9.99. The number of aliphatic hydroxyl groups excluding tert-OH is 1. The van der Waals surface area contributed by atoms with Crippen LogP contribution >= 0.6 is 15.6 Å². The SMILES string of the molecule is CCCCCCCCCCCCCCCCCCCCC(=O)OC[C@H](COP(=O)(O)OC[C@@H](O)COP(=O)(O)OC[C@@H](COC(=O)CCCCCCCCC(C)CC)OC(=O)CCCCCCCCCCCCC(C)CC)OC(=O)CCCCCCCCCCCCCCCCCCCCC(C)C. The van der Waals surface area contributed by atoms with Crippen LogP contribution in [0.3, 0.4) is 0 Å². The molecule has 0 aromatic carbocycles. The molecule has 0 saturated carbocycles. The fourth-order valence-electron chi connectivity index (χ4n) is 13.0. The fourth-order valence-corrected chi connectivity index (χ4v) is 14.5. The minimum Gasteiger partial charge on any atom is -0.462 e. The molecule has 7 atom stereocenters. The molecular weight excluding hydrogens is 1340 g/mol. The topological polar surface area (TPSA) is 237 Å². The molecule has 0 aliphatic heterocycles. The zero-order chi connectivity index (χ0) is 75.8. The van der Waals surface area contributed by atoms with Gasteiger partial charge in [-0.25, -0.2) is 9.13 Å². The van der Waals surface area contributed by atoms with Gasteiger partial charge >= 0.3 is 39.5 Å². The molecule has 17 nitrogen and oxygen atoms in total. The van der Waals surface area contributed by atoms with Gasteiger partial charge in [0.25, 0.3) is 0 Å². The van der Waals surface area contributed by atoms with E-state index < -0.39 is 97.5 Å². The van der Waals surface area contributed by atoms with Crippen molar-refractivity contribution in [3.05, 3.63) is 0 Å². The Labute approximate surface area is 632 Å². The first-order valence-electron chi connectivity index (χ1n) is 43.4. The molecule has 0 aliphatic rings. The molecule has 3 N–H and O–H groups in total. The summed E-state index contributed by atoms with van der Waals surface area (Å²) in [7, 11) is -9.93. The third-order valence-electron chi connectivity index (χ3n) is 20.4. The van der Waals surface area contributed by atoms with E-state index in [-0.39, 0.29) is 25.7 Å². The first kappa shape index (κ1) is 101. The number of hydrogen-bond donors (Lipinski definition) is 3. The lowest BCUT2D eigenvalue weighted by Gasteiger charge is -2.21. The van der Waals surface area contributed by atoms with Crippen LogP contribution in [0.15, 0.2) is 0 Å². The van der Waals surface area contributed by atoms with Gasteiger partial charge in [0.05, 0.1) is 26.4 Å². The quantitative estimate of drug-likeness (QED) is 0.0222. The van der Waals surface area contributed by atoms with Gasteiger partial charge in [0.2, 0.25) is 0 Å². The second-order valence-electron chi connectivity index (χ2n) is 31.2.